The van der Waals surface area contributed by atoms with Gasteiger partial charge in [-0.25, -0.2) is 4.39 Å². The quantitative estimate of drug-likeness (QED) is 0.901. The second-order valence-corrected chi connectivity index (χ2v) is 5.65. The molecule has 1 amide bonds. The van der Waals surface area contributed by atoms with E-state index in [1.807, 2.05) is 13.8 Å². The Morgan fingerprint density at radius 2 is 1.85 bits per heavy atom. The molecule has 0 radical (unpaired) electrons. The summed E-state index contributed by atoms with van der Waals surface area (Å²) >= 11 is 0. The zero-order valence-electron chi connectivity index (χ0n) is 11.6. The van der Waals surface area contributed by atoms with E-state index in [4.69, 9.17) is 0 Å². The highest BCUT2D eigenvalue weighted by Crippen LogP contribution is 2.22. The molecule has 0 spiro atoms. The van der Waals surface area contributed by atoms with Crippen molar-refractivity contribution in [1.29, 1.82) is 0 Å². The number of hydrogen-bond acceptors (Lipinski definition) is 2. The Morgan fingerprint density at radius 1 is 1.20 bits per heavy atom. The van der Waals surface area contributed by atoms with E-state index >= 15 is 0 Å². The summed E-state index contributed by atoms with van der Waals surface area (Å²) in [6, 6.07) is 9.68. The van der Waals surface area contributed by atoms with Crippen molar-refractivity contribution in [3.8, 4) is 0 Å². The monoisotopic (exact) mass is 275 g/mol. The molecule has 0 aliphatic rings. The molecule has 3 nitrogen and oxygen atoms in total. The molecule has 0 fully saturated rings. The van der Waals surface area contributed by atoms with Gasteiger partial charge in [-0.05, 0) is 17.5 Å². The van der Waals surface area contributed by atoms with Gasteiger partial charge in [-0.2, -0.15) is 0 Å². The van der Waals surface area contributed by atoms with E-state index in [9.17, 15) is 14.3 Å². The molecule has 2 aromatic rings. The second kappa shape index (κ2) is 5.59. The molecule has 0 aromatic heterocycles. The van der Waals surface area contributed by atoms with Crippen LogP contribution in [-0.2, 0) is 0 Å². The smallest absolute Gasteiger partial charge is 0.251 e. The van der Waals surface area contributed by atoms with E-state index in [2.05, 4.69) is 5.32 Å². The van der Waals surface area contributed by atoms with Crippen LogP contribution in [0.4, 0.5) is 4.39 Å². The maximum Gasteiger partial charge on any atom is 0.251 e. The fourth-order valence-electron chi connectivity index (χ4n) is 1.93. The number of carbonyl (C=O) groups is 1. The van der Waals surface area contributed by atoms with Gasteiger partial charge in [0.05, 0.1) is 0 Å². The van der Waals surface area contributed by atoms with E-state index < -0.39 is 0 Å². The van der Waals surface area contributed by atoms with Crippen molar-refractivity contribution >= 4 is 16.7 Å². The van der Waals surface area contributed by atoms with Crippen LogP contribution < -0.4 is 5.32 Å². The van der Waals surface area contributed by atoms with Gasteiger partial charge in [-0.15, -0.1) is 0 Å². The van der Waals surface area contributed by atoms with Crippen LogP contribution in [0.5, 0.6) is 0 Å². The summed E-state index contributed by atoms with van der Waals surface area (Å²) in [6.45, 7) is 4.05. The molecular weight excluding hydrogens is 257 g/mol. The first-order chi connectivity index (χ1) is 9.44. The van der Waals surface area contributed by atoms with Gasteiger partial charge < -0.3 is 10.4 Å². The Hall–Kier alpha value is -1.94. The minimum Gasteiger partial charge on any atom is -0.396 e. The van der Waals surface area contributed by atoms with Gasteiger partial charge in [0.1, 0.15) is 5.82 Å². The third kappa shape index (κ3) is 2.96. The van der Waals surface area contributed by atoms with Crippen LogP contribution in [0.2, 0.25) is 0 Å². The molecule has 0 atom stereocenters. The van der Waals surface area contributed by atoms with E-state index in [0.29, 0.717) is 22.9 Å². The average molecular weight is 275 g/mol. The molecule has 0 aliphatic heterocycles. The number of rotatable bonds is 4. The molecular formula is C16H18FNO2. The number of carbonyl (C=O) groups excluding carboxylic acids is 1. The Balaban J connectivity index is 2.29. The molecule has 0 aliphatic carbocycles. The van der Waals surface area contributed by atoms with Crippen LogP contribution in [0.25, 0.3) is 10.8 Å². The van der Waals surface area contributed by atoms with Gasteiger partial charge in [-0.3, -0.25) is 4.79 Å². The lowest BCUT2D eigenvalue weighted by Crippen LogP contribution is -2.36. The molecule has 106 valence electrons. The largest absolute Gasteiger partial charge is 0.396 e. The Bertz CT molecular complexity index is 637. The lowest BCUT2D eigenvalue weighted by Gasteiger charge is -2.22. The highest BCUT2D eigenvalue weighted by Gasteiger charge is 2.19. The number of amides is 1. The predicted octanol–water partition coefficient (Wildman–Crippen LogP) is 2.73. The SMILES string of the molecule is CC(C)(CO)CNC(=O)c1ccc(F)c2ccccc12. The van der Waals surface area contributed by atoms with Gasteiger partial charge in [0, 0.05) is 29.5 Å². The minimum absolute atomic E-state index is 0.0164. The molecule has 0 bridgehead atoms. The average Bonchev–Trinajstić information content (AvgIpc) is 2.46. The highest BCUT2D eigenvalue weighted by molar-refractivity contribution is 6.07. The normalized spacial score (nSPS) is 11.6. The molecule has 20 heavy (non-hydrogen) atoms. The summed E-state index contributed by atoms with van der Waals surface area (Å²) in [7, 11) is 0. The second-order valence-electron chi connectivity index (χ2n) is 5.65. The first-order valence-corrected chi connectivity index (χ1v) is 6.51. The lowest BCUT2D eigenvalue weighted by atomic mass is 9.94. The van der Waals surface area contributed by atoms with E-state index in [1.54, 1.807) is 24.3 Å². The summed E-state index contributed by atoms with van der Waals surface area (Å²) in [4.78, 5) is 12.2. The molecule has 2 rings (SSSR count). The fourth-order valence-corrected chi connectivity index (χ4v) is 1.93. The van der Waals surface area contributed by atoms with Gasteiger partial charge in [-0.1, -0.05) is 38.1 Å². The fraction of sp³-hybridized carbons (Fsp3) is 0.312. The van der Waals surface area contributed by atoms with Gasteiger partial charge in [0.2, 0.25) is 0 Å². The third-order valence-electron chi connectivity index (χ3n) is 3.27. The number of aliphatic hydroxyl groups is 1. The Kier molecular flexibility index (Phi) is 4.04. The number of hydrogen-bond donors (Lipinski definition) is 2. The first-order valence-electron chi connectivity index (χ1n) is 6.51. The zero-order valence-corrected chi connectivity index (χ0v) is 11.6. The molecule has 0 unspecified atom stereocenters. The summed E-state index contributed by atoms with van der Waals surface area (Å²) < 4.78 is 13.7. The van der Waals surface area contributed by atoms with Crippen LogP contribution in [0.15, 0.2) is 36.4 Å². The summed E-state index contributed by atoms with van der Waals surface area (Å²) in [6.07, 6.45) is 0. The number of halogens is 1. The van der Waals surface area contributed by atoms with Crippen LogP contribution in [0.1, 0.15) is 24.2 Å². The lowest BCUT2D eigenvalue weighted by molar-refractivity contribution is 0.0912. The standard InChI is InChI=1S/C16H18FNO2/c1-16(2,10-19)9-18-15(20)13-7-8-14(17)12-6-4-3-5-11(12)13/h3-8,19H,9-10H2,1-2H3,(H,18,20). The summed E-state index contributed by atoms with van der Waals surface area (Å²) in [5.41, 5.74) is 0.0571. The zero-order chi connectivity index (χ0) is 14.8. The Morgan fingerprint density at radius 3 is 2.50 bits per heavy atom. The van der Waals surface area contributed by atoms with E-state index in [0.717, 1.165) is 0 Å². The molecule has 4 heteroatoms. The summed E-state index contributed by atoms with van der Waals surface area (Å²) in [5.74, 6) is -0.601. The van der Waals surface area contributed by atoms with E-state index in [-0.39, 0.29) is 23.7 Å². The van der Waals surface area contributed by atoms with Crippen LogP contribution >= 0.6 is 0 Å². The van der Waals surface area contributed by atoms with Crippen LogP contribution in [0.3, 0.4) is 0 Å². The summed E-state index contributed by atoms with van der Waals surface area (Å²) in [5, 5.41) is 13.0. The Labute approximate surface area is 117 Å². The van der Waals surface area contributed by atoms with Crippen molar-refractivity contribution < 1.29 is 14.3 Å². The van der Waals surface area contributed by atoms with Crippen molar-refractivity contribution in [2.45, 2.75) is 13.8 Å². The van der Waals surface area contributed by atoms with Gasteiger partial charge in [0.15, 0.2) is 0 Å². The van der Waals surface area contributed by atoms with Crippen LogP contribution in [-0.4, -0.2) is 24.2 Å². The van der Waals surface area contributed by atoms with Crippen molar-refractivity contribution in [3.63, 3.8) is 0 Å². The number of fused-ring (bicyclic) bond motifs is 1. The topological polar surface area (TPSA) is 49.3 Å². The van der Waals surface area contributed by atoms with Crippen molar-refractivity contribution in [2.75, 3.05) is 13.2 Å². The van der Waals surface area contributed by atoms with E-state index in [1.165, 1.54) is 12.1 Å². The van der Waals surface area contributed by atoms with Crippen molar-refractivity contribution in [3.05, 3.63) is 47.8 Å². The molecule has 0 saturated heterocycles. The van der Waals surface area contributed by atoms with Crippen molar-refractivity contribution in [1.82, 2.24) is 5.32 Å². The van der Waals surface area contributed by atoms with Crippen molar-refractivity contribution in [2.24, 2.45) is 5.41 Å². The molecule has 2 aromatic carbocycles. The predicted molar refractivity (Wildman–Crippen MR) is 77.1 cm³/mol. The number of aliphatic hydroxyl groups excluding tert-OH is 1. The van der Waals surface area contributed by atoms with Gasteiger partial charge >= 0.3 is 0 Å². The maximum absolute atomic E-state index is 13.7. The molecule has 0 heterocycles. The molecule has 2 N–H and O–H groups in total. The first kappa shape index (κ1) is 14.5. The molecule has 0 saturated carbocycles. The minimum atomic E-state index is -0.383. The van der Waals surface area contributed by atoms with Gasteiger partial charge in [0.25, 0.3) is 5.91 Å². The number of benzene rings is 2. The number of nitrogens with one attached hydrogen (secondary N) is 1. The third-order valence-corrected chi connectivity index (χ3v) is 3.27. The maximum atomic E-state index is 13.7. The highest BCUT2D eigenvalue weighted by atomic mass is 19.1. The van der Waals surface area contributed by atoms with Crippen LogP contribution in [0, 0.1) is 11.2 Å².